The summed E-state index contributed by atoms with van der Waals surface area (Å²) in [5.74, 6) is 0.492. The topological polar surface area (TPSA) is 168 Å². The van der Waals surface area contributed by atoms with Gasteiger partial charge in [-0.1, -0.05) is 5.92 Å². The third-order valence-electron chi connectivity index (χ3n) is 5.00. The van der Waals surface area contributed by atoms with E-state index in [0.717, 1.165) is 6.92 Å². The molecule has 1 fully saturated rings. The number of carbonyl (C=O) groups is 4. The third kappa shape index (κ3) is 13.9. The Balaban J connectivity index is 2.49. The number of unbranched alkanes of at least 4 members (excludes halogenated alkanes) is 1. The number of nitrogens with one attached hydrogen (secondary N) is 2. The molecule has 0 aromatic heterocycles. The number of ether oxygens (including phenoxy) is 6. The van der Waals surface area contributed by atoms with Gasteiger partial charge >= 0.3 is 11.9 Å². The maximum atomic E-state index is 12.0. The molecule has 0 aromatic rings. The lowest BCUT2D eigenvalue weighted by Crippen LogP contribution is -2.65. The van der Waals surface area contributed by atoms with Crippen LogP contribution in [0.2, 0.25) is 0 Å². The van der Waals surface area contributed by atoms with Crippen molar-refractivity contribution in [3.05, 3.63) is 0 Å². The van der Waals surface area contributed by atoms with E-state index in [1.165, 1.54) is 13.8 Å². The first-order valence-electron chi connectivity index (χ1n) is 12.0. The number of aliphatic hydroxyl groups is 1. The summed E-state index contributed by atoms with van der Waals surface area (Å²) in [5, 5.41) is 16.0. The van der Waals surface area contributed by atoms with Gasteiger partial charge in [0.25, 0.3) is 0 Å². The highest BCUT2D eigenvalue weighted by Gasteiger charge is 2.48. The SMILES string of the molecule is C#CCOCCOCCNC(=O)CCCCOC1OC(COC(C)=O)C(O)C(OC(C)=O)C1NC(C)=O. The zero-order valence-corrected chi connectivity index (χ0v) is 21.6. The van der Waals surface area contributed by atoms with Gasteiger partial charge in [0.1, 0.15) is 31.5 Å². The Morgan fingerprint density at radius 1 is 1.00 bits per heavy atom. The number of hydrogen-bond donors (Lipinski definition) is 3. The molecule has 5 atom stereocenters. The minimum Gasteiger partial charge on any atom is -0.463 e. The van der Waals surface area contributed by atoms with Gasteiger partial charge in [-0.2, -0.15) is 0 Å². The van der Waals surface area contributed by atoms with Gasteiger partial charge in [0.15, 0.2) is 12.4 Å². The molecule has 1 saturated heterocycles. The maximum absolute atomic E-state index is 12.0. The highest BCUT2D eigenvalue weighted by molar-refractivity contribution is 5.75. The van der Waals surface area contributed by atoms with Crippen molar-refractivity contribution in [2.45, 2.75) is 70.7 Å². The summed E-state index contributed by atoms with van der Waals surface area (Å²) >= 11 is 0. The zero-order valence-electron chi connectivity index (χ0n) is 21.6. The monoisotopic (exact) mass is 530 g/mol. The van der Waals surface area contributed by atoms with Crippen LogP contribution in [0.3, 0.4) is 0 Å². The minimum absolute atomic E-state index is 0.142. The predicted octanol–water partition coefficient (Wildman–Crippen LogP) is -0.959. The predicted molar refractivity (Wildman–Crippen MR) is 128 cm³/mol. The molecule has 1 rings (SSSR count). The van der Waals surface area contributed by atoms with Crippen molar-refractivity contribution < 1.29 is 52.7 Å². The summed E-state index contributed by atoms with van der Waals surface area (Å²) in [6, 6.07) is -1.01. The van der Waals surface area contributed by atoms with Gasteiger partial charge < -0.3 is 44.2 Å². The fourth-order valence-electron chi connectivity index (χ4n) is 3.41. The van der Waals surface area contributed by atoms with Crippen LogP contribution in [0.1, 0.15) is 40.0 Å². The second-order valence-corrected chi connectivity index (χ2v) is 8.18. The lowest BCUT2D eigenvalue weighted by atomic mass is 9.96. The van der Waals surface area contributed by atoms with Crippen LogP contribution < -0.4 is 10.6 Å². The van der Waals surface area contributed by atoms with E-state index in [9.17, 15) is 24.3 Å². The molecule has 1 aliphatic rings. The molecular formula is C24H38N2O11. The molecule has 0 aliphatic carbocycles. The van der Waals surface area contributed by atoms with Crippen LogP contribution in [0.4, 0.5) is 0 Å². The van der Waals surface area contributed by atoms with Crippen LogP contribution >= 0.6 is 0 Å². The normalized spacial score (nSPS) is 22.9. The number of hydrogen-bond acceptors (Lipinski definition) is 11. The molecule has 1 aliphatic heterocycles. The fraction of sp³-hybridized carbons (Fsp3) is 0.750. The lowest BCUT2D eigenvalue weighted by molar-refractivity contribution is -0.274. The molecule has 2 amide bonds. The number of rotatable bonds is 17. The maximum Gasteiger partial charge on any atom is 0.303 e. The number of esters is 2. The van der Waals surface area contributed by atoms with Crippen molar-refractivity contribution >= 4 is 23.8 Å². The molecule has 13 nitrogen and oxygen atoms in total. The summed E-state index contributed by atoms with van der Waals surface area (Å²) in [7, 11) is 0. The zero-order chi connectivity index (χ0) is 27.6. The molecule has 3 N–H and O–H groups in total. The second kappa shape index (κ2) is 18.5. The molecule has 5 unspecified atom stereocenters. The van der Waals surface area contributed by atoms with E-state index in [4.69, 9.17) is 34.8 Å². The fourth-order valence-corrected chi connectivity index (χ4v) is 3.41. The van der Waals surface area contributed by atoms with E-state index < -0.39 is 48.5 Å². The Hall–Kier alpha value is -2.76. The third-order valence-corrected chi connectivity index (χ3v) is 5.00. The van der Waals surface area contributed by atoms with Gasteiger partial charge in [0.2, 0.25) is 11.8 Å². The number of amides is 2. The highest BCUT2D eigenvalue weighted by Crippen LogP contribution is 2.25. The Morgan fingerprint density at radius 3 is 2.38 bits per heavy atom. The van der Waals surface area contributed by atoms with Crippen molar-refractivity contribution in [1.82, 2.24) is 10.6 Å². The second-order valence-electron chi connectivity index (χ2n) is 8.18. The first-order valence-corrected chi connectivity index (χ1v) is 12.0. The average Bonchev–Trinajstić information content (AvgIpc) is 2.82. The first-order chi connectivity index (χ1) is 17.6. The van der Waals surface area contributed by atoms with E-state index in [-0.39, 0.29) is 32.1 Å². The molecule has 0 bridgehead atoms. The van der Waals surface area contributed by atoms with E-state index in [1.54, 1.807) is 0 Å². The standard InChI is InChI=1S/C24H38N2O11/c1-5-10-32-13-14-33-12-9-25-20(30)8-6-7-11-34-24-21(26-16(2)27)23(36-18(4)29)22(31)19(37-24)15-35-17(3)28/h1,19,21-24,31H,6-15H2,2-4H3,(H,25,30)(H,26,27). The van der Waals surface area contributed by atoms with E-state index in [1.807, 2.05) is 0 Å². The number of terminal acetylenes is 1. The molecule has 0 spiro atoms. The van der Waals surface area contributed by atoms with Crippen LogP contribution in [0.25, 0.3) is 0 Å². The molecule has 0 aromatic carbocycles. The first kappa shape index (κ1) is 32.3. The summed E-state index contributed by atoms with van der Waals surface area (Å²) in [6.45, 7) is 5.19. The Labute approximate surface area is 216 Å². The smallest absolute Gasteiger partial charge is 0.303 e. The summed E-state index contributed by atoms with van der Waals surface area (Å²) < 4.78 is 32.1. The average molecular weight is 531 g/mol. The summed E-state index contributed by atoms with van der Waals surface area (Å²) in [4.78, 5) is 46.5. The Bertz CT molecular complexity index is 770. The minimum atomic E-state index is -1.39. The van der Waals surface area contributed by atoms with Crippen LogP contribution in [-0.4, -0.2) is 106 Å². The highest BCUT2D eigenvalue weighted by atomic mass is 16.7. The van der Waals surface area contributed by atoms with Gasteiger partial charge in [-0.15, -0.1) is 6.42 Å². The Kier molecular flexibility index (Phi) is 16.1. The van der Waals surface area contributed by atoms with Crippen molar-refractivity contribution in [3.8, 4) is 12.3 Å². The quantitative estimate of drug-likeness (QED) is 0.120. The largest absolute Gasteiger partial charge is 0.463 e. The van der Waals surface area contributed by atoms with Crippen LogP contribution in [0, 0.1) is 12.3 Å². The van der Waals surface area contributed by atoms with Gasteiger partial charge in [0, 0.05) is 40.3 Å². The van der Waals surface area contributed by atoms with Gasteiger partial charge in [-0.25, -0.2) is 0 Å². The number of aliphatic hydroxyl groups excluding tert-OH is 1. The van der Waals surface area contributed by atoms with Crippen LogP contribution in [0.5, 0.6) is 0 Å². The van der Waals surface area contributed by atoms with Crippen molar-refractivity contribution in [2.24, 2.45) is 0 Å². The van der Waals surface area contributed by atoms with Crippen LogP contribution in [0.15, 0.2) is 0 Å². The molecule has 1 heterocycles. The van der Waals surface area contributed by atoms with Gasteiger partial charge in [-0.3, -0.25) is 19.2 Å². The molecule has 37 heavy (non-hydrogen) atoms. The summed E-state index contributed by atoms with van der Waals surface area (Å²) in [5.41, 5.74) is 0. The Morgan fingerprint density at radius 2 is 1.73 bits per heavy atom. The molecular weight excluding hydrogens is 492 g/mol. The van der Waals surface area contributed by atoms with Gasteiger partial charge in [0.05, 0.1) is 19.8 Å². The number of carbonyl (C=O) groups excluding carboxylic acids is 4. The molecule has 0 saturated carbocycles. The van der Waals surface area contributed by atoms with Crippen molar-refractivity contribution in [1.29, 1.82) is 0 Å². The molecule has 0 radical (unpaired) electrons. The van der Waals surface area contributed by atoms with E-state index in [2.05, 4.69) is 16.6 Å². The van der Waals surface area contributed by atoms with Crippen LogP contribution in [-0.2, 0) is 47.6 Å². The van der Waals surface area contributed by atoms with Crippen molar-refractivity contribution in [3.63, 3.8) is 0 Å². The van der Waals surface area contributed by atoms with E-state index in [0.29, 0.717) is 39.2 Å². The molecule has 13 heteroatoms. The van der Waals surface area contributed by atoms with E-state index >= 15 is 0 Å². The molecule has 210 valence electrons. The summed E-state index contributed by atoms with van der Waals surface area (Å²) in [6.07, 6.45) is 1.58. The van der Waals surface area contributed by atoms with Crippen molar-refractivity contribution in [2.75, 3.05) is 46.2 Å². The van der Waals surface area contributed by atoms with Gasteiger partial charge in [-0.05, 0) is 12.8 Å². The lowest BCUT2D eigenvalue weighted by Gasteiger charge is -2.43.